The number of thioether (sulfide) groups is 1. The van der Waals surface area contributed by atoms with Crippen LogP contribution >= 0.6 is 11.8 Å². The van der Waals surface area contributed by atoms with Crippen LogP contribution in [0.1, 0.15) is 18.9 Å². The van der Waals surface area contributed by atoms with E-state index in [-0.39, 0.29) is 23.1 Å². The summed E-state index contributed by atoms with van der Waals surface area (Å²) in [5.74, 6) is -0.625. The zero-order valence-electron chi connectivity index (χ0n) is 16.5. The molecule has 9 nitrogen and oxygen atoms in total. The molecule has 0 spiro atoms. The van der Waals surface area contributed by atoms with E-state index < -0.39 is 15.3 Å². The lowest BCUT2D eigenvalue weighted by Crippen LogP contribution is -2.33. The van der Waals surface area contributed by atoms with E-state index in [2.05, 4.69) is 10.3 Å². The third-order valence-electron chi connectivity index (χ3n) is 4.42. The summed E-state index contributed by atoms with van der Waals surface area (Å²) >= 11 is 1.16. The first-order valence-corrected chi connectivity index (χ1v) is 11.6. The lowest BCUT2D eigenvalue weighted by atomic mass is 10.2. The molecule has 11 heteroatoms. The number of nitriles is 1. The lowest BCUT2D eigenvalue weighted by Gasteiger charge is -2.13. The van der Waals surface area contributed by atoms with Crippen LogP contribution < -0.4 is 10.5 Å². The minimum absolute atomic E-state index is 0.0360. The molecule has 0 radical (unpaired) electrons. The predicted octanol–water partition coefficient (Wildman–Crippen LogP) is 2.19. The van der Waals surface area contributed by atoms with E-state index in [1.165, 1.54) is 29.2 Å². The van der Waals surface area contributed by atoms with Gasteiger partial charge in [-0.3, -0.25) is 14.5 Å². The maximum absolute atomic E-state index is 12.7. The number of carbonyl (C=O) groups is 2. The quantitative estimate of drug-likeness (QED) is 0.680. The predicted molar refractivity (Wildman–Crippen MR) is 118 cm³/mol. The Hall–Kier alpha value is -3.20. The van der Waals surface area contributed by atoms with Crippen LogP contribution in [-0.4, -0.2) is 42.1 Å². The van der Waals surface area contributed by atoms with Crippen LogP contribution in [-0.2, 0) is 19.6 Å². The largest absolute Gasteiger partial charge is 0.325 e. The molecule has 1 heterocycles. The van der Waals surface area contributed by atoms with E-state index in [0.29, 0.717) is 28.7 Å². The zero-order chi connectivity index (χ0) is 22.6. The second kappa shape index (κ2) is 9.30. The molecule has 1 aliphatic rings. The summed E-state index contributed by atoms with van der Waals surface area (Å²) in [7, 11) is -3.81. The molecule has 1 saturated heterocycles. The molecule has 3 N–H and O–H groups in total. The first-order valence-electron chi connectivity index (χ1n) is 9.21. The molecule has 1 fully saturated rings. The van der Waals surface area contributed by atoms with Gasteiger partial charge in [-0.25, -0.2) is 18.5 Å². The molecule has 1 unspecified atom stereocenters. The number of rotatable bonds is 6. The maximum atomic E-state index is 12.7. The van der Waals surface area contributed by atoms with E-state index in [1.807, 2.05) is 6.07 Å². The zero-order valence-corrected chi connectivity index (χ0v) is 18.1. The van der Waals surface area contributed by atoms with Crippen molar-refractivity contribution in [2.45, 2.75) is 23.5 Å². The number of nitrogens with two attached hydrogens (primary N) is 1. The molecule has 2 aromatic rings. The summed E-state index contributed by atoms with van der Waals surface area (Å²) in [6.07, 6.45) is -0.0802. The van der Waals surface area contributed by atoms with Gasteiger partial charge in [0.2, 0.25) is 21.8 Å². The number of sulfonamides is 1. The number of hydrogen-bond acceptors (Lipinski definition) is 7. The van der Waals surface area contributed by atoms with Crippen molar-refractivity contribution in [3.8, 4) is 6.07 Å². The van der Waals surface area contributed by atoms with Crippen LogP contribution in [0.4, 0.5) is 11.4 Å². The fourth-order valence-electron chi connectivity index (χ4n) is 2.90. The summed E-state index contributed by atoms with van der Waals surface area (Å²) in [5.41, 5.74) is 1.18. The SMILES string of the molecule is CCN1C(=O)C(CC(=O)Nc2ccccc2C#N)SC1=Nc1ccc(S(N)(=O)=O)cc1. The molecule has 0 bridgehead atoms. The van der Waals surface area contributed by atoms with Gasteiger partial charge in [0.25, 0.3) is 0 Å². The molecule has 0 aromatic heterocycles. The van der Waals surface area contributed by atoms with E-state index >= 15 is 0 Å². The smallest absolute Gasteiger partial charge is 0.242 e. The summed E-state index contributed by atoms with van der Waals surface area (Å²) in [6, 6.07) is 14.3. The summed E-state index contributed by atoms with van der Waals surface area (Å²) < 4.78 is 22.8. The number of amides is 2. The van der Waals surface area contributed by atoms with Crippen molar-refractivity contribution in [1.29, 1.82) is 5.26 Å². The average Bonchev–Trinajstić information content (AvgIpc) is 3.02. The first kappa shape index (κ1) is 22.5. The summed E-state index contributed by atoms with van der Waals surface area (Å²) in [5, 5.41) is 16.7. The van der Waals surface area contributed by atoms with Gasteiger partial charge in [0.05, 0.1) is 21.8 Å². The molecule has 0 aliphatic carbocycles. The Bertz CT molecular complexity index is 1190. The minimum atomic E-state index is -3.81. The number of anilines is 1. The molecular weight excluding hydrogens is 438 g/mol. The third kappa shape index (κ3) is 5.29. The van der Waals surface area contributed by atoms with Crippen molar-refractivity contribution in [3.05, 3.63) is 54.1 Å². The standard InChI is InChI=1S/C20H19N5O4S2/c1-2-25-19(27)17(11-18(26)24-16-6-4-3-5-13(16)12-21)30-20(25)23-14-7-9-15(10-8-14)31(22,28)29/h3-10,17H,2,11H2,1H3,(H,24,26)(H2,22,28,29). The number of hydrogen-bond donors (Lipinski definition) is 2. The van der Waals surface area contributed by atoms with Crippen LogP contribution in [0.25, 0.3) is 0 Å². The summed E-state index contributed by atoms with van der Waals surface area (Å²) in [6.45, 7) is 2.17. The molecule has 2 aromatic carbocycles. The van der Waals surface area contributed by atoms with Gasteiger partial charge in [-0.1, -0.05) is 23.9 Å². The fourth-order valence-corrected chi connectivity index (χ4v) is 4.63. The highest BCUT2D eigenvalue weighted by Gasteiger charge is 2.38. The highest BCUT2D eigenvalue weighted by molar-refractivity contribution is 8.15. The Balaban J connectivity index is 1.74. The Morgan fingerprint density at radius 3 is 2.55 bits per heavy atom. The van der Waals surface area contributed by atoms with Crippen molar-refractivity contribution < 1.29 is 18.0 Å². The van der Waals surface area contributed by atoms with Crippen molar-refractivity contribution in [2.24, 2.45) is 10.1 Å². The van der Waals surface area contributed by atoms with Crippen LogP contribution in [0.15, 0.2) is 58.4 Å². The number of nitrogens with zero attached hydrogens (tertiary/aromatic N) is 3. The highest BCUT2D eigenvalue weighted by atomic mass is 32.2. The average molecular weight is 458 g/mol. The Kier molecular flexibility index (Phi) is 6.74. The molecule has 3 rings (SSSR count). The van der Waals surface area contributed by atoms with Crippen LogP contribution in [0.2, 0.25) is 0 Å². The number of benzene rings is 2. The number of primary sulfonamides is 1. The number of para-hydroxylation sites is 1. The van der Waals surface area contributed by atoms with E-state index in [9.17, 15) is 18.0 Å². The normalized spacial score (nSPS) is 17.6. The molecule has 2 amide bonds. The first-order chi connectivity index (χ1) is 14.7. The molecule has 31 heavy (non-hydrogen) atoms. The van der Waals surface area contributed by atoms with Crippen molar-refractivity contribution >= 4 is 50.1 Å². The van der Waals surface area contributed by atoms with Gasteiger partial charge in [0, 0.05) is 13.0 Å². The van der Waals surface area contributed by atoms with Crippen molar-refractivity contribution in [1.82, 2.24) is 4.90 Å². The van der Waals surface area contributed by atoms with Crippen LogP contribution in [0.5, 0.6) is 0 Å². The van der Waals surface area contributed by atoms with Crippen LogP contribution in [0, 0.1) is 11.3 Å². The van der Waals surface area contributed by atoms with Gasteiger partial charge in [0.15, 0.2) is 5.17 Å². The van der Waals surface area contributed by atoms with Gasteiger partial charge >= 0.3 is 0 Å². The fraction of sp³-hybridized carbons (Fsp3) is 0.200. The molecular formula is C20H19N5O4S2. The van der Waals surface area contributed by atoms with Gasteiger partial charge in [0.1, 0.15) is 11.3 Å². The number of amidine groups is 1. The lowest BCUT2D eigenvalue weighted by molar-refractivity contribution is -0.128. The minimum Gasteiger partial charge on any atom is -0.325 e. The Labute approximate surface area is 184 Å². The van der Waals surface area contributed by atoms with Crippen molar-refractivity contribution in [2.75, 3.05) is 11.9 Å². The Morgan fingerprint density at radius 2 is 1.94 bits per heavy atom. The molecule has 1 aliphatic heterocycles. The number of carbonyl (C=O) groups excluding carboxylic acids is 2. The third-order valence-corrected chi connectivity index (χ3v) is 6.52. The Morgan fingerprint density at radius 1 is 1.26 bits per heavy atom. The van der Waals surface area contributed by atoms with Gasteiger partial charge in [-0.15, -0.1) is 0 Å². The summed E-state index contributed by atoms with van der Waals surface area (Å²) in [4.78, 5) is 31.1. The molecule has 160 valence electrons. The molecule has 0 saturated carbocycles. The highest BCUT2D eigenvalue weighted by Crippen LogP contribution is 2.32. The number of nitrogens with one attached hydrogen (secondary N) is 1. The second-order valence-corrected chi connectivity index (χ2v) is 9.26. The maximum Gasteiger partial charge on any atom is 0.242 e. The van der Waals surface area contributed by atoms with Crippen molar-refractivity contribution in [3.63, 3.8) is 0 Å². The number of aliphatic imine (C=N–C) groups is 1. The van der Waals surface area contributed by atoms with E-state index in [0.717, 1.165) is 11.8 Å². The van der Waals surface area contributed by atoms with Crippen LogP contribution in [0.3, 0.4) is 0 Å². The van der Waals surface area contributed by atoms with Gasteiger partial charge < -0.3 is 5.32 Å². The van der Waals surface area contributed by atoms with Gasteiger partial charge in [-0.05, 0) is 43.3 Å². The second-order valence-electron chi connectivity index (χ2n) is 6.53. The van der Waals surface area contributed by atoms with Gasteiger partial charge in [-0.2, -0.15) is 5.26 Å². The topological polar surface area (TPSA) is 146 Å². The molecule has 1 atom stereocenters. The van der Waals surface area contributed by atoms with E-state index in [4.69, 9.17) is 10.4 Å². The van der Waals surface area contributed by atoms with E-state index in [1.54, 1.807) is 31.2 Å². The monoisotopic (exact) mass is 457 g/mol.